The van der Waals surface area contributed by atoms with Gasteiger partial charge in [-0.05, 0) is 24.7 Å². The van der Waals surface area contributed by atoms with Gasteiger partial charge in [-0.15, -0.1) is 0 Å². The molecule has 16 heavy (non-hydrogen) atoms. The third-order valence-corrected chi connectivity index (χ3v) is 2.38. The van der Waals surface area contributed by atoms with E-state index in [1.165, 1.54) is 0 Å². The predicted octanol–water partition coefficient (Wildman–Crippen LogP) is 0.883. The van der Waals surface area contributed by atoms with E-state index >= 15 is 0 Å². The van der Waals surface area contributed by atoms with E-state index in [0.717, 1.165) is 6.42 Å². The maximum atomic E-state index is 11.7. The number of nitrogens with one attached hydrogen (secondary N) is 1. The number of aliphatic hydroxyl groups excluding tert-OH is 1. The number of carbonyl (C=O) groups is 1. The van der Waals surface area contributed by atoms with Crippen molar-refractivity contribution in [2.45, 2.75) is 52.6 Å². The molecule has 2 atom stereocenters. The SMILES string of the molecule is CC(C)C[C@H](CO)NC(=O)[C@@H](N)CC(C)C. The summed E-state index contributed by atoms with van der Waals surface area (Å²) in [7, 11) is 0. The van der Waals surface area contributed by atoms with Gasteiger partial charge in [0.1, 0.15) is 0 Å². The first-order chi connectivity index (χ1) is 7.36. The third-order valence-electron chi connectivity index (χ3n) is 2.38. The fourth-order valence-electron chi connectivity index (χ4n) is 1.67. The van der Waals surface area contributed by atoms with Gasteiger partial charge in [0.15, 0.2) is 0 Å². The summed E-state index contributed by atoms with van der Waals surface area (Å²) in [6.07, 6.45) is 1.45. The molecule has 0 rings (SSSR count). The van der Waals surface area contributed by atoms with E-state index in [-0.39, 0.29) is 18.6 Å². The number of amides is 1. The molecule has 1 amide bonds. The van der Waals surface area contributed by atoms with Crippen molar-refractivity contribution in [3.63, 3.8) is 0 Å². The largest absolute Gasteiger partial charge is 0.394 e. The summed E-state index contributed by atoms with van der Waals surface area (Å²) in [4.78, 5) is 11.7. The fourth-order valence-corrected chi connectivity index (χ4v) is 1.67. The second-order valence-corrected chi connectivity index (χ2v) is 5.25. The van der Waals surface area contributed by atoms with Crippen LogP contribution in [0, 0.1) is 11.8 Å². The summed E-state index contributed by atoms with van der Waals surface area (Å²) >= 11 is 0. The zero-order valence-corrected chi connectivity index (χ0v) is 10.9. The highest BCUT2D eigenvalue weighted by molar-refractivity contribution is 5.81. The van der Waals surface area contributed by atoms with E-state index in [0.29, 0.717) is 18.3 Å². The Kier molecular flexibility index (Phi) is 7.34. The smallest absolute Gasteiger partial charge is 0.237 e. The predicted molar refractivity (Wildman–Crippen MR) is 65.9 cm³/mol. The molecule has 4 N–H and O–H groups in total. The van der Waals surface area contributed by atoms with Crippen LogP contribution in [-0.4, -0.2) is 29.7 Å². The van der Waals surface area contributed by atoms with Crippen LogP contribution in [0.15, 0.2) is 0 Å². The Morgan fingerprint density at radius 3 is 2.06 bits per heavy atom. The second-order valence-electron chi connectivity index (χ2n) is 5.25. The number of hydrogen-bond acceptors (Lipinski definition) is 3. The molecule has 0 aliphatic heterocycles. The van der Waals surface area contributed by atoms with Gasteiger partial charge in [-0.1, -0.05) is 27.7 Å². The molecule has 0 aromatic heterocycles. The maximum absolute atomic E-state index is 11.7. The van der Waals surface area contributed by atoms with Crippen molar-refractivity contribution >= 4 is 5.91 Å². The number of rotatable bonds is 7. The molecule has 0 radical (unpaired) electrons. The Labute approximate surface area is 98.6 Å². The molecule has 0 aromatic carbocycles. The van der Waals surface area contributed by atoms with E-state index in [1.807, 2.05) is 13.8 Å². The molecule has 4 heteroatoms. The first-order valence-corrected chi connectivity index (χ1v) is 6.03. The lowest BCUT2D eigenvalue weighted by molar-refractivity contribution is -0.123. The topological polar surface area (TPSA) is 75.3 Å². The third kappa shape index (κ3) is 6.80. The van der Waals surface area contributed by atoms with E-state index in [2.05, 4.69) is 19.2 Å². The van der Waals surface area contributed by atoms with E-state index in [9.17, 15) is 4.79 Å². The first-order valence-electron chi connectivity index (χ1n) is 6.03. The minimum Gasteiger partial charge on any atom is -0.394 e. The Morgan fingerprint density at radius 2 is 1.69 bits per heavy atom. The molecule has 0 aliphatic carbocycles. The van der Waals surface area contributed by atoms with Gasteiger partial charge in [0.25, 0.3) is 0 Å². The van der Waals surface area contributed by atoms with Crippen LogP contribution < -0.4 is 11.1 Å². The average Bonchev–Trinajstić information content (AvgIpc) is 2.14. The Bertz CT molecular complexity index is 205. The van der Waals surface area contributed by atoms with E-state index < -0.39 is 6.04 Å². The van der Waals surface area contributed by atoms with Crippen molar-refractivity contribution in [2.75, 3.05) is 6.61 Å². The standard InChI is InChI=1S/C12H26N2O2/c1-8(2)5-10(7-15)14-12(16)11(13)6-9(3)4/h8-11,15H,5-7,13H2,1-4H3,(H,14,16)/t10-,11+/m1/s1. The van der Waals surface area contributed by atoms with Gasteiger partial charge in [-0.2, -0.15) is 0 Å². The summed E-state index contributed by atoms with van der Waals surface area (Å²) in [5.74, 6) is 0.686. The van der Waals surface area contributed by atoms with Crippen LogP contribution in [-0.2, 0) is 4.79 Å². The molecule has 0 saturated heterocycles. The monoisotopic (exact) mass is 230 g/mol. The zero-order valence-electron chi connectivity index (χ0n) is 10.9. The van der Waals surface area contributed by atoms with Gasteiger partial charge in [0, 0.05) is 0 Å². The summed E-state index contributed by atoms with van der Waals surface area (Å²) < 4.78 is 0. The van der Waals surface area contributed by atoms with Crippen molar-refractivity contribution in [2.24, 2.45) is 17.6 Å². The van der Waals surface area contributed by atoms with Crippen molar-refractivity contribution in [1.29, 1.82) is 0 Å². The molecule has 0 bridgehead atoms. The molecule has 0 spiro atoms. The van der Waals surface area contributed by atoms with Gasteiger partial charge in [0.2, 0.25) is 5.91 Å². The van der Waals surface area contributed by atoms with E-state index in [4.69, 9.17) is 10.8 Å². The molecule has 4 nitrogen and oxygen atoms in total. The van der Waals surface area contributed by atoms with Crippen LogP contribution in [0.5, 0.6) is 0 Å². The molecule has 0 unspecified atom stereocenters. The quantitative estimate of drug-likeness (QED) is 0.608. The zero-order chi connectivity index (χ0) is 12.7. The molecule has 0 heterocycles. The van der Waals surface area contributed by atoms with Gasteiger partial charge >= 0.3 is 0 Å². The molecule has 96 valence electrons. The Balaban J connectivity index is 4.08. The van der Waals surface area contributed by atoms with E-state index in [1.54, 1.807) is 0 Å². The van der Waals surface area contributed by atoms with Crippen molar-refractivity contribution in [1.82, 2.24) is 5.32 Å². The lowest BCUT2D eigenvalue weighted by atomic mass is 10.0. The number of hydrogen-bond donors (Lipinski definition) is 3. The van der Waals surface area contributed by atoms with Crippen molar-refractivity contribution in [3.8, 4) is 0 Å². The maximum Gasteiger partial charge on any atom is 0.237 e. The highest BCUT2D eigenvalue weighted by Crippen LogP contribution is 2.06. The summed E-state index contributed by atoms with van der Waals surface area (Å²) in [5, 5.41) is 11.9. The van der Waals surface area contributed by atoms with Gasteiger partial charge in [0.05, 0.1) is 18.7 Å². The van der Waals surface area contributed by atoms with Crippen molar-refractivity contribution < 1.29 is 9.90 Å². The number of aliphatic hydroxyl groups is 1. The first kappa shape index (κ1) is 15.4. The minimum atomic E-state index is -0.471. The number of nitrogens with two attached hydrogens (primary N) is 1. The van der Waals surface area contributed by atoms with Gasteiger partial charge < -0.3 is 16.2 Å². The van der Waals surface area contributed by atoms with Crippen molar-refractivity contribution in [3.05, 3.63) is 0 Å². The molecule has 0 saturated carbocycles. The fraction of sp³-hybridized carbons (Fsp3) is 0.917. The van der Waals surface area contributed by atoms with Crippen LogP contribution in [0.2, 0.25) is 0 Å². The van der Waals surface area contributed by atoms with Crippen LogP contribution in [0.4, 0.5) is 0 Å². The number of carbonyl (C=O) groups excluding carboxylic acids is 1. The Morgan fingerprint density at radius 1 is 1.19 bits per heavy atom. The lowest BCUT2D eigenvalue weighted by Gasteiger charge is -2.21. The Hall–Kier alpha value is -0.610. The lowest BCUT2D eigenvalue weighted by Crippen LogP contribution is -2.47. The average molecular weight is 230 g/mol. The summed E-state index contributed by atoms with van der Waals surface area (Å²) in [5.41, 5.74) is 5.76. The normalized spacial score (nSPS) is 15.2. The molecule has 0 fully saturated rings. The summed E-state index contributed by atoms with van der Waals surface area (Å²) in [6, 6.07) is -0.646. The molecule has 0 aliphatic rings. The molecule has 0 aromatic rings. The van der Waals surface area contributed by atoms with Gasteiger partial charge in [-0.25, -0.2) is 0 Å². The van der Waals surface area contributed by atoms with Crippen LogP contribution in [0.1, 0.15) is 40.5 Å². The van der Waals surface area contributed by atoms with Crippen LogP contribution in [0.25, 0.3) is 0 Å². The van der Waals surface area contributed by atoms with Crippen LogP contribution in [0.3, 0.4) is 0 Å². The van der Waals surface area contributed by atoms with Gasteiger partial charge in [-0.3, -0.25) is 4.79 Å². The second kappa shape index (κ2) is 7.63. The molecular formula is C12H26N2O2. The highest BCUT2D eigenvalue weighted by atomic mass is 16.3. The van der Waals surface area contributed by atoms with Crippen LogP contribution >= 0.6 is 0 Å². The minimum absolute atomic E-state index is 0.0294. The highest BCUT2D eigenvalue weighted by Gasteiger charge is 2.19. The summed E-state index contributed by atoms with van der Waals surface area (Å²) in [6.45, 7) is 8.15. The molecular weight excluding hydrogens is 204 g/mol.